The zero-order valence-electron chi connectivity index (χ0n) is 8.78. The average Bonchev–Trinajstić information content (AvgIpc) is 2.28. The van der Waals surface area contributed by atoms with Crippen LogP contribution in [0.15, 0.2) is 40.5 Å². The summed E-state index contributed by atoms with van der Waals surface area (Å²) in [6, 6.07) is 7.50. The van der Waals surface area contributed by atoms with Crippen molar-refractivity contribution in [3.63, 3.8) is 0 Å². The maximum Gasteiger partial charge on any atom is 0.170 e. The number of rotatable bonds is 5. The van der Waals surface area contributed by atoms with E-state index in [-0.39, 0.29) is 5.84 Å². The van der Waals surface area contributed by atoms with Gasteiger partial charge in [0.2, 0.25) is 0 Å². The highest BCUT2D eigenvalue weighted by molar-refractivity contribution is 9.11. The molecular formula is C11H14BrN3O. The summed E-state index contributed by atoms with van der Waals surface area (Å²) in [5.41, 5.74) is 7.28. The van der Waals surface area contributed by atoms with E-state index in [1.165, 1.54) is 0 Å². The molecule has 0 amide bonds. The highest BCUT2D eigenvalue weighted by atomic mass is 79.9. The largest absolute Gasteiger partial charge is 0.409 e. The zero-order chi connectivity index (χ0) is 12.0. The molecule has 1 aromatic carbocycles. The fourth-order valence-electron chi connectivity index (χ4n) is 1.31. The van der Waals surface area contributed by atoms with Crippen molar-refractivity contribution in [1.82, 2.24) is 5.32 Å². The molecule has 86 valence electrons. The number of oxime groups is 1. The second-order valence-electron chi connectivity index (χ2n) is 3.26. The number of hydrogen-bond donors (Lipinski definition) is 3. The molecule has 4 N–H and O–H groups in total. The summed E-state index contributed by atoms with van der Waals surface area (Å²) in [5.74, 6) is 0.120. The first-order valence-corrected chi connectivity index (χ1v) is 5.54. The van der Waals surface area contributed by atoms with Crippen LogP contribution in [0.4, 0.5) is 0 Å². The number of nitrogens with zero attached hydrogens (tertiary/aromatic N) is 1. The number of hydrogen-bond acceptors (Lipinski definition) is 3. The lowest BCUT2D eigenvalue weighted by Crippen LogP contribution is -2.20. The Kier molecular flexibility index (Phi) is 5.01. The van der Waals surface area contributed by atoms with Gasteiger partial charge >= 0.3 is 0 Å². The van der Waals surface area contributed by atoms with Crippen LogP contribution >= 0.6 is 15.9 Å². The Morgan fingerprint density at radius 3 is 2.81 bits per heavy atom. The lowest BCUT2D eigenvalue weighted by molar-refractivity contribution is 0.318. The van der Waals surface area contributed by atoms with Gasteiger partial charge in [0.15, 0.2) is 5.84 Å². The van der Waals surface area contributed by atoms with E-state index in [1.807, 2.05) is 24.3 Å². The Balaban J connectivity index is 2.75. The number of amidine groups is 1. The maximum atomic E-state index is 8.65. The highest BCUT2D eigenvalue weighted by Crippen LogP contribution is 2.08. The molecule has 4 nitrogen and oxygen atoms in total. The van der Waals surface area contributed by atoms with Crippen molar-refractivity contribution in [3.05, 3.63) is 46.5 Å². The summed E-state index contributed by atoms with van der Waals surface area (Å²) in [7, 11) is 0. The third kappa shape index (κ3) is 3.67. The molecule has 0 aliphatic carbocycles. The van der Waals surface area contributed by atoms with E-state index in [9.17, 15) is 0 Å². The van der Waals surface area contributed by atoms with E-state index in [1.54, 1.807) is 0 Å². The van der Waals surface area contributed by atoms with Crippen molar-refractivity contribution in [1.29, 1.82) is 0 Å². The standard InChI is InChI=1S/C11H14BrN3O/c1-8(12)6-14-7-9-4-2-3-5-10(9)11(13)15-16/h2-5,14,16H,1,6-7H2,(H2,13,15). The first-order chi connectivity index (χ1) is 7.65. The second kappa shape index (κ2) is 6.30. The first-order valence-electron chi connectivity index (χ1n) is 4.75. The number of nitrogens with two attached hydrogens (primary N) is 1. The van der Waals surface area contributed by atoms with Gasteiger partial charge in [-0.1, -0.05) is 51.9 Å². The summed E-state index contributed by atoms with van der Waals surface area (Å²) >= 11 is 3.26. The summed E-state index contributed by atoms with van der Waals surface area (Å²) in [5, 5.41) is 14.8. The second-order valence-corrected chi connectivity index (χ2v) is 4.38. The minimum Gasteiger partial charge on any atom is -0.409 e. The Morgan fingerprint density at radius 2 is 2.19 bits per heavy atom. The Morgan fingerprint density at radius 1 is 1.50 bits per heavy atom. The topological polar surface area (TPSA) is 70.6 Å². The fraction of sp³-hybridized carbons (Fsp3) is 0.182. The molecular weight excluding hydrogens is 270 g/mol. The van der Waals surface area contributed by atoms with Gasteiger partial charge in [-0.05, 0) is 5.56 Å². The minimum absolute atomic E-state index is 0.120. The molecule has 0 aliphatic rings. The van der Waals surface area contributed by atoms with Gasteiger partial charge in [0.05, 0.1) is 0 Å². The number of benzene rings is 1. The molecule has 0 aliphatic heterocycles. The van der Waals surface area contributed by atoms with E-state index >= 15 is 0 Å². The van der Waals surface area contributed by atoms with Crippen LogP contribution < -0.4 is 11.1 Å². The predicted molar refractivity (Wildman–Crippen MR) is 68.7 cm³/mol. The molecule has 0 fully saturated rings. The van der Waals surface area contributed by atoms with Crippen LogP contribution in [-0.2, 0) is 6.54 Å². The van der Waals surface area contributed by atoms with Gasteiger partial charge in [0, 0.05) is 23.1 Å². The van der Waals surface area contributed by atoms with Crippen LogP contribution in [0.2, 0.25) is 0 Å². The molecule has 0 saturated carbocycles. The van der Waals surface area contributed by atoms with E-state index in [0.717, 1.165) is 15.6 Å². The van der Waals surface area contributed by atoms with Crippen LogP contribution in [0.3, 0.4) is 0 Å². The molecule has 0 radical (unpaired) electrons. The fourth-order valence-corrected chi connectivity index (χ4v) is 1.51. The van der Waals surface area contributed by atoms with Gasteiger partial charge in [0.25, 0.3) is 0 Å². The smallest absolute Gasteiger partial charge is 0.170 e. The zero-order valence-corrected chi connectivity index (χ0v) is 10.4. The van der Waals surface area contributed by atoms with Crippen LogP contribution in [0.1, 0.15) is 11.1 Å². The third-order valence-electron chi connectivity index (χ3n) is 2.03. The van der Waals surface area contributed by atoms with Crippen molar-refractivity contribution >= 4 is 21.8 Å². The lowest BCUT2D eigenvalue weighted by atomic mass is 10.1. The minimum atomic E-state index is 0.120. The first kappa shape index (κ1) is 12.7. The van der Waals surface area contributed by atoms with E-state index in [2.05, 4.69) is 33.0 Å². The average molecular weight is 284 g/mol. The number of nitrogens with one attached hydrogen (secondary N) is 1. The summed E-state index contributed by atoms with van der Waals surface area (Å²) in [6.07, 6.45) is 0. The molecule has 0 heterocycles. The normalized spacial score (nSPS) is 11.4. The molecule has 5 heteroatoms. The summed E-state index contributed by atoms with van der Waals surface area (Å²) in [4.78, 5) is 0. The van der Waals surface area contributed by atoms with Crippen LogP contribution in [0.25, 0.3) is 0 Å². The predicted octanol–water partition coefficient (Wildman–Crippen LogP) is 1.78. The van der Waals surface area contributed by atoms with Gasteiger partial charge in [-0.3, -0.25) is 0 Å². The van der Waals surface area contributed by atoms with Gasteiger partial charge in [-0.2, -0.15) is 0 Å². The van der Waals surface area contributed by atoms with Crippen molar-refractivity contribution in [3.8, 4) is 0 Å². The number of halogens is 1. The maximum absolute atomic E-state index is 8.65. The molecule has 16 heavy (non-hydrogen) atoms. The SMILES string of the molecule is C=C(Br)CNCc1ccccc1/C(N)=N\O. The quantitative estimate of drug-likeness (QED) is 0.334. The highest BCUT2D eigenvalue weighted by Gasteiger charge is 2.05. The van der Waals surface area contributed by atoms with Crippen molar-refractivity contribution in [2.75, 3.05) is 6.54 Å². The Hall–Kier alpha value is -1.33. The molecule has 0 bridgehead atoms. The van der Waals surface area contributed by atoms with Gasteiger partial charge in [-0.25, -0.2) is 0 Å². The molecule has 0 aromatic heterocycles. The summed E-state index contributed by atoms with van der Waals surface area (Å²) in [6.45, 7) is 5.03. The van der Waals surface area contributed by atoms with E-state index in [0.29, 0.717) is 13.1 Å². The lowest BCUT2D eigenvalue weighted by Gasteiger charge is -2.08. The monoisotopic (exact) mass is 283 g/mol. The molecule has 0 spiro atoms. The van der Waals surface area contributed by atoms with Crippen molar-refractivity contribution in [2.24, 2.45) is 10.9 Å². The molecule has 0 atom stereocenters. The Bertz CT molecular complexity index is 404. The van der Waals surface area contributed by atoms with Crippen molar-refractivity contribution < 1.29 is 5.21 Å². The van der Waals surface area contributed by atoms with E-state index < -0.39 is 0 Å². The van der Waals surface area contributed by atoms with E-state index in [4.69, 9.17) is 10.9 Å². The molecule has 1 rings (SSSR count). The van der Waals surface area contributed by atoms with Gasteiger partial charge in [0.1, 0.15) is 0 Å². The van der Waals surface area contributed by atoms with Crippen LogP contribution in [0.5, 0.6) is 0 Å². The molecule has 0 saturated heterocycles. The van der Waals surface area contributed by atoms with Crippen LogP contribution in [0, 0.1) is 0 Å². The molecule has 0 unspecified atom stereocenters. The third-order valence-corrected chi connectivity index (χ3v) is 2.31. The van der Waals surface area contributed by atoms with Crippen LogP contribution in [-0.4, -0.2) is 17.6 Å². The summed E-state index contributed by atoms with van der Waals surface area (Å²) < 4.78 is 0.883. The molecule has 1 aromatic rings. The Labute approximate surface area is 103 Å². The van der Waals surface area contributed by atoms with Gasteiger partial charge < -0.3 is 16.3 Å². The van der Waals surface area contributed by atoms with Gasteiger partial charge in [-0.15, -0.1) is 0 Å². The van der Waals surface area contributed by atoms with Crippen molar-refractivity contribution in [2.45, 2.75) is 6.54 Å².